The van der Waals surface area contributed by atoms with E-state index in [1.165, 1.54) is 16.2 Å². The highest BCUT2D eigenvalue weighted by Crippen LogP contribution is 2.54. The fourth-order valence-electron chi connectivity index (χ4n) is 7.62. The molecule has 4 aromatic heterocycles. The molecule has 0 aromatic carbocycles. The van der Waals surface area contributed by atoms with Crippen molar-refractivity contribution in [1.29, 1.82) is 5.26 Å². The highest BCUT2D eigenvalue weighted by Gasteiger charge is 2.48. The van der Waals surface area contributed by atoms with Gasteiger partial charge in [0.25, 0.3) is 0 Å². The highest BCUT2D eigenvalue weighted by molar-refractivity contribution is 7.16. The lowest BCUT2D eigenvalue weighted by Crippen LogP contribution is -2.38. The van der Waals surface area contributed by atoms with Crippen LogP contribution in [-0.4, -0.2) is 66.8 Å². The molecule has 11 nitrogen and oxygen atoms in total. The van der Waals surface area contributed by atoms with E-state index in [2.05, 4.69) is 30.0 Å². The van der Waals surface area contributed by atoms with Gasteiger partial charge in [0.1, 0.15) is 22.9 Å². The molecule has 0 radical (unpaired) electrons. The zero-order valence-corrected chi connectivity index (χ0v) is 26.2. The van der Waals surface area contributed by atoms with Crippen molar-refractivity contribution in [1.82, 2.24) is 29.8 Å². The summed E-state index contributed by atoms with van der Waals surface area (Å²) in [7, 11) is 2.13. The Bertz CT molecular complexity index is 1730. The van der Waals surface area contributed by atoms with E-state index in [0.29, 0.717) is 52.0 Å². The third kappa shape index (κ3) is 4.87. The first-order valence-electron chi connectivity index (χ1n) is 15.6. The number of nitriles is 1. The van der Waals surface area contributed by atoms with Crippen molar-refractivity contribution in [3.8, 4) is 34.9 Å². The van der Waals surface area contributed by atoms with Gasteiger partial charge in [-0.3, -0.25) is 9.58 Å². The van der Waals surface area contributed by atoms with Gasteiger partial charge >= 0.3 is 0 Å². The molecule has 1 fully saturated rings. The summed E-state index contributed by atoms with van der Waals surface area (Å²) >= 11 is 1.54. The number of hydrogen-bond acceptors (Lipinski definition) is 11. The topological polar surface area (TPSA) is 152 Å². The van der Waals surface area contributed by atoms with Crippen LogP contribution in [0, 0.1) is 11.3 Å². The summed E-state index contributed by atoms with van der Waals surface area (Å²) in [5.41, 5.74) is 10.7. The van der Waals surface area contributed by atoms with Gasteiger partial charge in [0.05, 0.1) is 29.6 Å². The quantitative estimate of drug-likeness (QED) is 0.299. The molecular formula is C32H38N8O3S. The Morgan fingerprint density at radius 1 is 1.23 bits per heavy atom. The third-order valence-corrected chi connectivity index (χ3v) is 10.6. The number of fused-ring (bicyclic) bond motifs is 4. The van der Waals surface area contributed by atoms with E-state index in [1.54, 1.807) is 11.6 Å². The Hall–Kier alpha value is -3.79. The maximum Gasteiger partial charge on any atom is 0.217 e. The number of aromatic nitrogens is 5. The normalized spacial score (nSPS) is 22.8. The number of thiophene rings is 1. The molecule has 44 heavy (non-hydrogen) atoms. The Morgan fingerprint density at radius 3 is 2.80 bits per heavy atom. The summed E-state index contributed by atoms with van der Waals surface area (Å²) in [6.45, 7) is 5.25. The van der Waals surface area contributed by atoms with Gasteiger partial charge in [0.15, 0.2) is 0 Å². The first-order valence-corrected chi connectivity index (χ1v) is 16.4. The minimum absolute atomic E-state index is 0.0769. The van der Waals surface area contributed by atoms with Gasteiger partial charge in [0.2, 0.25) is 17.5 Å². The van der Waals surface area contributed by atoms with E-state index in [4.69, 9.17) is 30.1 Å². The number of rotatable bonds is 7. The average Bonchev–Trinajstić information content (AvgIpc) is 3.79. The van der Waals surface area contributed by atoms with Gasteiger partial charge in [0, 0.05) is 34.2 Å². The average molecular weight is 615 g/mol. The second-order valence-corrected chi connectivity index (χ2v) is 13.7. The maximum atomic E-state index is 10.1. The number of hydrogen-bond donors (Lipinski definition) is 2. The first kappa shape index (κ1) is 29.0. The zero-order chi connectivity index (χ0) is 30.6. The molecule has 230 valence electrons. The van der Waals surface area contributed by atoms with Crippen LogP contribution in [0.1, 0.15) is 79.6 Å². The van der Waals surface area contributed by atoms with Gasteiger partial charge in [-0.15, -0.1) is 11.3 Å². The Kier molecular flexibility index (Phi) is 7.43. The summed E-state index contributed by atoms with van der Waals surface area (Å²) in [6.07, 6.45) is 8.88. The van der Waals surface area contributed by atoms with E-state index >= 15 is 0 Å². The molecule has 0 bridgehead atoms. The van der Waals surface area contributed by atoms with Gasteiger partial charge < -0.3 is 20.1 Å². The van der Waals surface area contributed by atoms with Crippen molar-refractivity contribution in [3.05, 3.63) is 45.6 Å². The van der Waals surface area contributed by atoms with Crippen LogP contribution in [0.15, 0.2) is 22.9 Å². The molecule has 1 spiro atoms. The smallest absolute Gasteiger partial charge is 0.217 e. The fourth-order valence-corrected chi connectivity index (χ4v) is 8.78. The van der Waals surface area contributed by atoms with Crippen LogP contribution < -0.4 is 10.5 Å². The standard InChI is InChI=1S/C32H38N8O3S/c1-18(41)17-40-14-10-22(37-40)23-15-26(42-19(2)24-8-6-13-39(24)3)36-31(35-23)28-20-7-4-11-32(29(20)38-43-28)12-5-9-25-27(32)21(16-33)30(34)44-25/h10,14-15,18-19,24,41H,4-9,11-13,17,34H2,1-3H3/t18-,19+,24+,32+/m1/s1. The second-order valence-electron chi connectivity index (χ2n) is 12.6. The number of nitrogens with two attached hydrogens (primary N) is 1. The van der Waals surface area contributed by atoms with Crippen LogP contribution >= 0.6 is 11.3 Å². The molecule has 5 heterocycles. The molecule has 0 amide bonds. The zero-order valence-electron chi connectivity index (χ0n) is 25.4. The Morgan fingerprint density at radius 2 is 2.05 bits per heavy atom. The van der Waals surface area contributed by atoms with Gasteiger partial charge in [-0.25, -0.2) is 4.98 Å². The minimum atomic E-state index is -0.527. The second kappa shape index (κ2) is 11.3. The Balaban J connectivity index is 1.32. The summed E-state index contributed by atoms with van der Waals surface area (Å²) in [5.74, 6) is 1.39. The van der Waals surface area contributed by atoms with Crippen molar-refractivity contribution >= 4 is 16.3 Å². The van der Waals surface area contributed by atoms with Crippen LogP contribution in [0.4, 0.5) is 5.00 Å². The van der Waals surface area contributed by atoms with Crippen molar-refractivity contribution in [2.75, 3.05) is 19.3 Å². The lowest BCUT2D eigenvalue weighted by molar-refractivity contribution is 0.117. The number of likely N-dealkylation sites (tertiary alicyclic amines) is 1. The van der Waals surface area contributed by atoms with E-state index in [1.807, 2.05) is 18.3 Å². The molecule has 1 aliphatic heterocycles. The number of aliphatic hydroxyl groups excluding tert-OH is 1. The Labute approximate surface area is 260 Å². The molecule has 0 unspecified atom stereocenters. The molecule has 4 aromatic rings. The molecule has 3 N–H and O–H groups in total. The molecule has 12 heteroatoms. The molecular weight excluding hydrogens is 576 g/mol. The summed E-state index contributed by atoms with van der Waals surface area (Å²) in [4.78, 5) is 13.4. The largest absolute Gasteiger partial charge is 0.473 e. The molecule has 7 rings (SSSR count). The molecule has 2 aliphatic carbocycles. The van der Waals surface area contributed by atoms with E-state index in [-0.39, 0.29) is 6.10 Å². The number of nitrogens with zero attached hydrogens (tertiary/aromatic N) is 7. The third-order valence-electron chi connectivity index (χ3n) is 9.56. The fraction of sp³-hybridized carbons (Fsp3) is 0.531. The van der Waals surface area contributed by atoms with Gasteiger partial charge in [-0.2, -0.15) is 15.3 Å². The predicted octanol–water partition coefficient (Wildman–Crippen LogP) is 4.71. The van der Waals surface area contributed by atoms with Gasteiger partial charge in [-0.1, -0.05) is 5.16 Å². The van der Waals surface area contributed by atoms with Gasteiger partial charge in [-0.05, 0) is 90.4 Å². The van der Waals surface area contributed by atoms with Crippen LogP contribution in [0.25, 0.3) is 23.0 Å². The highest BCUT2D eigenvalue weighted by atomic mass is 32.1. The monoisotopic (exact) mass is 614 g/mol. The molecule has 1 saturated heterocycles. The van der Waals surface area contributed by atoms with Crippen LogP contribution in [0.3, 0.4) is 0 Å². The summed E-state index contributed by atoms with van der Waals surface area (Å²) in [5, 5.41) is 29.9. The van der Waals surface area contributed by atoms with Crippen LogP contribution in [0.2, 0.25) is 0 Å². The number of nitrogen functional groups attached to an aromatic ring is 1. The first-order chi connectivity index (χ1) is 21.3. The summed E-state index contributed by atoms with van der Waals surface area (Å²) in [6, 6.07) is 6.40. The number of aryl methyl sites for hydroxylation is 1. The van der Waals surface area contributed by atoms with Crippen molar-refractivity contribution in [2.45, 2.75) is 95.4 Å². The van der Waals surface area contributed by atoms with E-state index in [0.717, 1.165) is 74.7 Å². The van der Waals surface area contributed by atoms with Crippen LogP contribution in [0.5, 0.6) is 5.88 Å². The maximum absolute atomic E-state index is 10.1. The lowest BCUT2D eigenvalue weighted by atomic mass is 9.62. The number of anilines is 1. The predicted molar refractivity (Wildman–Crippen MR) is 166 cm³/mol. The summed E-state index contributed by atoms with van der Waals surface area (Å²) < 4.78 is 14.3. The van der Waals surface area contributed by atoms with E-state index in [9.17, 15) is 10.4 Å². The SMILES string of the molecule is C[C@H](Oc1cc(-c2ccn(C[C@@H](C)O)n2)nc(-c2onc3c2CCC[C@@]32CCCc3sc(N)c(C#N)c32)n1)[C@@H]1CCCN1C. The van der Waals surface area contributed by atoms with Crippen molar-refractivity contribution < 1.29 is 14.4 Å². The number of likely N-dealkylation sites (N-methyl/N-ethyl adjacent to an activating group) is 1. The number of aliphatic hydroxyl groups is 1. The lowest BCUT2D eigenvalue weighted by Gasteiger charge is -2.39. The number of ether oxygens (including phenoxy) is 1. The molecule has 0 saturated carbocycles. The van der Waals surface area contributed by atoms with E-state index < -0.39 is 11.5 Å². The molecule has 4 atom stereocenters. The van der Waals surface area contributed by atoms with Crippen LogP contribution in [-0.2, 0) is 24.8 Å². The molecule has 3 aliphatic rings. The minimum Gasteiger partial charge on any atom is -0.473 e. The van der Waals surface area contributed by atoms with Crippen molar-refractivity contribution in [3.63, 3.8) is 0 Å². The van der Waals surface area contributed by atoms with Crippen molar-refractivity contribution in [2.24, 2.45) is 0 Å².